The van der Waals surface area contributed by atoms with Gasteiger partial charge in [0.05, 0.1) is 6.07 Å². The van der Waals surface area contributed by atoms with Crippen LogP contribution in [0.2, 0.25) is 0 Å². The molecule has 0 radical (unpaired) electrons. The Morgan fingerprint density at radius 3 is 2.13 bits per heavy atom. The Morgan fingerprint density at radius 2 is 1.87 bits per heavy atom. The molecule has 0 aliphatic carbocycles. The molecular formula is C9H16N2O3S. The number of nitrogens with one attached hydrogen (secondary N) is 1. The molecule has 0 heterocycles. The third-order valence-electron chi connectivity index (χ3n) is 2.19. The van der Waals surface area contributed by atoms with Crippen LogP contribution < -0.4 is 5.32 Å². The van der Waals surface area contributed by atoms with E-state index in [1.54, 1.807) is 13.8 Å². The first-order chi connectivity index (χ1) is 6.78. The number of rotatable bonds is 5. The number of hydrogen-bond acceptors (Lipinski definition) is 4. The van der Waals surface area contributed by atoms with Crippen molar-refractivity contribution in [3.63, 3.8) is 0 Å². The quantitative estimate of drug-likeness (QED) is 0.735. The smallest absolute Gasteiger partial charge is 0.236 e. The Balaban J connectivity index is 4.59. The van der Waals surface area contributed by atoms with Crippen LogP contribution >= 0.6 is 0 Å². The molecule has 0 aromatic carbocycles. The van der Waals surface area contributed by atoms with Crippen LogP contribution in [0.5, 0.6) is 0 Å². The molecule has 0 aromatic heterocycles. The third kappa shape index (κ3) is 4.79. The van der Waals surface area contributed by atoms with Gasteiger partial charge in [-0.05, 0) is 12.8 Å². The third-order valence-corrected chi connectivity index (χ3v) is 2.98. The van der Waals surface area contributed by atoms with Gasteiger partial charge in [0, 0.05) is 6.26 Å². The van der Waals surface area contributed by atoms with Crippen LogP contribution in [0.1, 0.15) is 26.7 Å². The molecule has 0 rings (SSSR count). The maximum atomic E-state index is 11.3. The van der Waals surface area contributed by atoms with Crippen LogP contribution in [0, 0.1) is 11.3 Å². The van der Waals surface area contributed by atoms with Crippen molar-refractivity contribution in [3.8, 4) is 6.07 Å². The molecule has 5 nitrogen and oxygen atoms in total. The highest BCUT2D eigenvalue weighted by molar-refractivity contribution is 7.91. The minimum Gasteiger partial charge on any atom is -0.337 e. The summed E-state index contributed by atoms with van der Waals surface area (Å²) in [6.07, 6.45) is 1.89. The van der Waals surface area contributed by atoms with Gasteiger partial charge in [0.15, 0.2) is 9.84 Å². The Labute approximate surface area is 90.4 Å². The summed E-state index contributed by atoms with van der Waals surface area (Å²) >= 11 is 0. The number of carbonyl (C=O) groups is 1. The fourth-order valence-electron chi connectivity index (χ4n) is 1.15. The Morgan fingerprint density at radius 1 is 1.40 bits per heavy atom. The van der Waals surface area contributed by atoms with E-state index in [4.69, 9.17) is 5.26 Å². The molecule has 6 heteroatoms. The second-order valence-corrected chi connectivity index (χ2v) is 5.66. The first kappa shape index (κ1) is 13.9. The van der Waals surface area contributed by atoms with E-state index in [0.29, 0.717) is 12.8 Å². The zero-order valence-corrected chi connectivity index (χ0v) is 10.0. The van der Waals surface area contributed by atoms with Crippen molar-refractivity contribution in [2.45, 2.75) is 32.2 Å². The molecule has 86 valence electrons. The van der Waals surface area contributed by atoms with Gasteiger partial charge in [-0.15, -0.1) is 0 Å². The summed E-state index contributed by atoms with van der Waals surface area (Å²) in [5.74, 6) is -1.20. The molecule has 0 aliphatic heterocycles. The molecule has 15 heavy (non-hydrogen) atoms. The van der Waals surface area contributed by atoms with Crippen LogP contribution in [0.15, 0.2) is 0 Å². The molecular weight excluding hydrogens is 216 g/mol. The van der Waals surface area contributed by atoms with Crippen molar-refractivity contribution in [2.24, 2.45) is 0 Å². The van der Waals surface area contributed by atoms with Crippen LogP contribution in [-0.2, 0) is 14.6 Å². The van der Waals surface area contributed by atoms with Gasteiger partial charge in [-0.1, -0.05) is 13.8 Å². The lowest BCUT2D eigenvalue weighted by molar-refractivity contribution is -0.120. The van der Waals surface area contributed by atoms with Crippen LogP contribution in [0.4, 0.5) is 0 Å². The second kappa shape index (κ2) is 5.12. The maximum absolute atomic E-state index is 11.3. The van der Waals surface area contributed by atoms with Crippen molar-refractivity contribution in [3.05, 3.63) is 0 Å². The van der Waals surface area contributed by atoms with E-state index in [9.17, 15) is 13.2 Å². The SMILES string of the molecule is CCC(C#N)(CC)NC(=O)CS(C)(=O)=O. The average molecular weight is 232 g/mol. The summed E-state index contributed by atoms with van der Waals surface area (Å²) in [5, 5.41) is 11.4. The molecule has 0 saturated carbocycles. The van der Waals surface area contributed by atoms with E-state index in [0.717, 1.165) is 6.26 Å². The number of nitriles is 1. The largest absolute Gasteiger partial charge is 0.337 e. The van der Waals surface area contributed by atoms with Crippen molar-refractivity contribution < 1.29 is 13.2 Å². The molecule has 0 aliphatic rings. The summed E-state index contributed by atoms with van der Waals surface area (Å²) in [6.45, 7) is 3.54. The van der Waals surface area contributed by atoms with Crippen LogP contribution in [0.25, 0.3) is 0 Å². The van der Waals surface area contributed by atoms with Gasteiger partial charge in [-0.25, -0.2) is 8.42 Å². The summed E-state index contributed by atoms with van der Waals surface area (Å²) in [5.41, 5.74) is -0.943. The van der Waals surface area contributed by atoms with Crippen molar-refractivity contribution in [1.82, 2.24) is 5.32 Å². The van der Waals surface area contributed by atoms with Gasteiger partial charge >= 0.3 is 0 Å². The molecule has 0 aromatic rings. The van der Waals surface area contributed by atoms with Crippen LogP contribution in [0.3, 0.4) is 0 Å². The maximum Gasteiger partial charge on any atom is 0.236 e. The summed E-state index contributed by atoms with van der Waals surface area (Å²) in [7, 11) is -3.34. The highest BCUT2D eigenvalue weighted by atomic mass is 32.2. The fourth-order valence-corrected chi connectivity index (χ4v) is 1.70. The summed E-state index contributed by atoms with van der Waals surface area (Å²) in [4.78, 5) is 11.3. The van der Waals surface area contributed by atoms with E-state index in [1.807, 2.05) is 6.07 Å². The lowest BCUT2D eigenvalue weighted by Gasteiger charge is -2.24. The predicted molar refractivity (Wildman–Crippen MR) is 56.8 cm³/mol. The lowest BCUT2D eigenvalue weighted by Crippen LogP contribution is -2.48. The Kier molecular flexibility index (Phi) is 4.75. The summed E-state index contributed by atoms with van der Waals surface area (Å²) in [6, 6.07) is 2.00. The standard InChI is InChI=1S/C9H16N2O3S/c1-4-9(5-2,7-10)11-8(12)6-15(3,13)14/h4-6H2,1-3H3,(H,11,12). The predicted octanol–water partition coefficient (Wildman–Crippen LogP) is 0.230. The molecule has 1 amide bonds. The van der Waals surface area contributed by atoms with E-state index in [2.05, 4.69) is 5.32 Å². The van der Waals surface area contributed by atoms with Gasteiger partial charge in [0.25, 0.3) is 0 Å². The molecule has 0 fully saturated rings. The molecule has 0 bridgehead atoms. The zero-order valence-electron chi connectivity index (χ0n) is 9.20. The zero-order chi connectivity index (χ0) is 12.1. The number of carbonyl (C=O) groups excluding carboxylic acids is 1. The molecule has 0 saturated heterocycles. The molecule has 0 spiro atoms. The Bertz CT molecular complexity index is 363. The van der Waals surface area contributed by atoms with Gasteiger partial charge in [0.2, 0.25) is 5.91 Å². The topological polar surface area (TPSA) is 87.0 Å². The molecule has 0 unspecified atom stereocenters. The number of hydrogen-bond donors (Lipinski definition) is 1. The molecule has 1 N–H and O–H groups in total. The lowest BCUT2D eigenvalue weighted by atomic mass is 9.95. The van der Waals surface area contributed by atoms with Crippen molar-refractivity contribution in [1.29, 1.82) is 5.26 Å². The monoisotopic (exact) mass is 232 g/mol. The van der Waals surface area contributed by atoms with Gasteiger partial charge < -0.3 is 5.32 Å². The van der Waals surface area contributed by atoms with Crippen molar-refractivity contribution in [2.75, 3.05) is 12.0 Å². The summed E-state index contributed by atoms with van der Waals surface area (Å²) < 4.78 is 21.7. The minimum absolute atomic E-state index is 0.454. The van der Waals surface area contributed by atoms with Gasteiger partial charge in [-0.2, -0.15) is 5.26 Å². The van der Waals surface area contributed by atoms with E-state index >= 15 is 0 Å². The van der Waals surface area contributed by atoms with E-state index in [-0.39, 0.29) is 0 Å². The average Bonchev–Trinajstić information content (AvgIpc) is 2.11. The highest BCUT2D eigenvalue weighted by Crippen LogP contribution is 2.13. The number of nitrogens with zero attached hydrogens (tertiary/aromatic N) is 1. The van der Waals surface area contributed by atoms with Gasteiger partial charge in [-0.3, -0.25) is 4.79 Å². The number of sulfone groups is 1. The van der Waals surface area contributed by atoms with E-state index < -0.39 is 27.0 Å². The minimum atomic E-state index is -3.34. The Hall–Kier alpha value is -1.09. The first-order valence-corrected chi connectivity index (χ1v) is 6.74. The van der Waals surface area contributed by atoms with Gasteiger partial charge in [0.1, 0.15) is 11.3 Å². The fraction of sp³-hybridized carbons (Fsp3) is 0.778. The normalized spacial score (nSPS) is 11.9. The first-order valence-electron chi connectivity index (χ1n) is 4.68. The van der Waals surface area contributed by atoms with Crippen molar-refractivity contribution >= 4 is 15.7 Å². The second-order valence-electron chi connectivity index (χ2n) is 3.52. The highest BCUT2D eigenvalue weighted by Gasteiger charge is 2.28. The van der Waals surface area contributed by atoms with Crippen LogP contribution in [-0.4, -0.2) is 31.9 Å². The molecule has 0 atom stereocenters. The van der Waals surface area contributed by atoms with E-state index in [1.165, 1.54) is 0 Å². The number of amides is 1.